The molecular weight excluding hydrogens is 378 g/mol. The van der Waals surface area contributed by atoms with Crippen molar-refractivity contribution in [3.8, 4) is 0 Å². The maximum absolute atomic E-state index is 5.72. The summed E-state index contributed by atoms with van der Waals surface area (Å²) in [5, 5.41) is 3.45. The van der Waals surface area contributed by atoms with Crippen LogP contribution in [0.15, 0.2) is 23.3 Å². The maximum Gasteiger partial charge on any atom is 0.194 e. The molecule has 3 heterocycles. The van der Waals surface area contributed by atoms with Crippen LogP contribution in [0.2, 0.25) is 0 Å². The second-order valence-electron chi connectivity index (χ2n) is 8.53. The number of methoxy groups -OCH3 is 1. The lowest BCUT2D eigenvalue weighted by molar-refractivity contribution is 0.0536. The quantitative estimate of drug-likeness (QED) is 0.379. The van der Waals surface area contributed by atoms with Gasteiger partial charge in [-0.2, -0.15) is 0 Å². The third kappa shape index (κ3) is 6.84. The number of guanidine groups is 1. The van der Waals surface area contributed by atoms with Gasteiger partial charge in [-0.25, -0.2) is 9.98 Å². The van der Waals surface area contributed by atoms with E-state index in [1.54, 1.807) is 7.11 Å². The summed E-state index contributed by atoms with van der Waals surface area (Å²) < 4.78 is 10.8. The number of likely N-dealkylation sites (tertiary alicyclic amines) is 1. The first kappa shape index (κ1) is 22.8. The Hall–Kier alpha value is -1.86. The first-order valence-corrected chi connectivity index (χ1v) is 11.5. The molecule has 30 heavy (non-hydrogen) atoms. The Balaban J connectivity index is 1.51. The molecule has 2 aliphatic heterocycles. The van der Waals surface area contributed by atoms with Gasteiger partial charge in [0.25, 0.3) is 0 Å². The van der Waals surface area contributed by atoms with E-state index in [1.165, 1.54) is 12.8 Å². The van der Waals surface area contributed by atoms with E-state index in [0.717, 1.165) is 69.0 Å². The van der Waals surface area contributed by atoms with E-state index < -0.39 is 0 Å². The molecule has 0 aliphatic carbocycles. The minimum absolute atomic E-state index is 0.555. The van der Waals surface area contributed by atoms with Gasteiger partial charge in [0.15, 0.2) is 5.96 Å². The Bertz CT molecular complexity index is 643. The lowest BCUT2D eigenvalue weighted by atomic mass is 9.99. The molecule has 1 atom stereocenters. The monoisotopic (exact) mass is 417 g/mol. The minimum atomic E-state index is 0.555. The van der Waals surface area contributed by atoms with Crippen LogP contribution in [-0.4, -0.2) is 75.5 Å². The van der Waals surface area contributed by atoms with E-state index in [9.17, 15) is 0 Å². The zero-order valence-electron chi connectivity index (χ0n) is 19.0. The highest BCUT2D eigenvalue weighted by Crippen LogP contribution is 2.21. The van der Waals surface area contributed by atoms with Crippen molar-refractivity contribution in [1.82, 2.24) is 15.2 Å². The number of nitrogens with one attached hydrogen (secondary N) is 1. The molecule has 1 aromatic rings. The summed E-state index contributed by atoms with van der Waals surface area (Å²) in [6.45, 7) is 12.3. The third-order valence-electron chi connectivity index (χ3n) is 6.03. The summed E-state index contributed by atoms with van der Waals surface area (Å²) in [5.41, 5.74) is 1.15. The van der Waals surface area contributed by atoms with Crippen LogP contribution < -0.4 is 10.2 Å². The summed E-state index contributed by atoms with van der Waals surface area (Å²) >= 11 is 0. The van der Waals surface area contributed by atoms with E-state index in [1.807, 2.05) is 6.20 Å². The van der Waals surface area contributed by atoms with Gasteiger partial charge >= 0.3 is 0 Å². The van der Waals surface area contributed by atoms with Crippen LogP contribution >= 0.6 is 0 Å². The van der Waals surface area contributed by atoms with E-state index in [4.69, 9.17) is 19.5 Å². The number of hydrogen-bond acceptors (Lipinski definition) is 5. The predicted molar refractivity (Wildman–Crippen MR) is 122 cm³/mol. The number of anilines is 1. The molecule has 1 unspecified atom stereocenters. The Kier molecular flexibility index (Phi) is 9.21. The van der Waals surface area contributed by atoms with Crippen molar-refractivity contribution in [2.45, 2.75) is 39.7 Å². The molecule has 2 fully saturated rings. The summed E-state index contributed by atoms with van der Waals surface area (Å²) in [4.78, 5) is 14.3. The highest BCUT2D eigenvalue weighted by molar-refractivity contribution is 5.80. The van der Waals surface area contributed by atoms with Crippen LogP contribution in [0, 0.1) is 11.8 Å². The zero-order chi connectivity index (χ0) is 21.2. The van der Waals surface area contributed by atoms with Gasteiger partial charge in [-0.1, -0.05) is 13.0 Å². The van der Waals surface area contributed by atoms with Crippen molar-refractivity contribution in [2.24, 2.45) is 16.8 Å². The number of hydrogen-bond donors (Lipinski definition) is 1. The average Bonchev–Trinajstić information content (AvgIpc) is 3.24. The number of aromatic nitrogens is 1. The maximum atomic E-state index is 5.72. The molecule has 0 radical (unpaired) electrons. The highest BCUT2D eigenvalue weighted by atomic mass is 16.5. The topological polar surface area (TPSA) is 62.2 Å². The van der Waals surface area contributed by atoms with E-state index >= 15 is 0 Å². The average molecular weight is 418 g/mol. The molecule has 3 rings (SSSR count). The second-order valence-corrected chi connectivity index (χ2v) is 8.53. The van der Waals surface area contributed by atoms with Gasteiger partial charge in [0.2, 0.25) is 0 Å². The number of ether oxygens (including phenoxy) is 2. The zero-order valence-corrected chi connectivity index (χ0v) is 19.0. The Morgan fingerprint density at radius 2 is 2.03 bits per heavy atom. The Morgan fingerprint density at radius 1 is 1.20 bits per heavy atom. The predicted octanol–water partition coefficient (Wildman–Crippen LogP) is 2.77. The van der Waals surface area contributed by atoms with E-state index in [-0.39, 0.29) is 0 Å². The van der Waals surface area contributed by atoms with E-state index in [0.29, 0.717) is 25.7 Å². The summed E-state index contributed by atoms with van der Waals surface area (Å²) in [5.74, 6) is 3.48. The lowest BCUT2D eigenvalue weighted by Crippen LogP contribution is -2.40. The third-order valence-corrected chi connectivity index (χ3v) is 6.03. The second kappa shape index (κ2) is 12.1. The number of aliphatic imine (C=N–C) groups is 1. The molecule has 0 bridgehead atoms. The van der Waals surface area contributed by atoms with Crippen LogP contribution in [0.25, 0.3) is 0 Å². The molecule has 7 heteroatoms. The van der Waals surface area contributed by atoms with Crippen molar-refractivity contribution >= 4 is 11.8 Å². The minimum Gasteiger partial charge on any atom is -0.382 e. The van der Waals surface area contributed by atoms with Crippen molar-refractivity contribution < 1.29 is 9.47 Å². The van der Waals surface area contributed by atoms with Crippen molar-refractivity contribution in [1.29, 1.82) is 0 Å². The summed E-state index contributed by atoms with van der Waals surface area (Å²) in [6.07, 6.45) is 5.64. The fourth-order valence-corrected chi connectivity index (χ4v) is 4.08. The first-order valence-electron chi connectivity index (χ1n) is 11.5. The van der Waals surface area contributed by atoms with Crippen LogP contribution in [0.5, 0.6) is 0 Å². The molecule has 2 aliphatic rings. The van der Waals surface area contributed by atoms with Crippen LogP contribution in [-0.2, 0) is 16.0 Å². The van der Waals surface area contributed by atoms with Gasteiger partial charge in [-0.05, 0) is 43.7 Å². The van der Waals surface area contributed by atoms with Gasteiger partial charge in [-0.3, -0.25) is 0 Å². The summed E-state index contributed by atoms with van der Waals surface area (Å²) in [6, 6.07) is 4.32. The smallest absolute Gasteiger partial charge is 0.194 e. The molecule has 1 aromatic heterocycles. The molecular formula is C23H39N5O2. The standard InChI is InChI=1S/C23H39N5O2/c1-4-24-23(28-12-9-21(17-28)18-30-14-13-29-3)26-16-20-5-6-22(25-15-20)27-10-7-19(2)8-11-27/h5-6,15,19,21H,4,7-14,16-18H2,1-3H3,(H,24,26). The van der Waals surface area contributed by atoms with E-state index in [2.05, 4.69) is 41.1 Å². The molecule has 0 amide bonds. The van der Waals surface area contributed by atoms with Crippen molar-refractivity contribution in [2.75, 3.05) is 64.6 Å². The highest BCUT2D eigenvalue weighted by Gasteiger charge is 2.25. The number of rotatable bonds is 9. The number of piperidine rings is 1. The van der Waals surface area contributed by atoms with Crippen molar-refractivity contribution in [3.63, 3.8) is 0 Å². The molecule has 7 nitrogen and oxygen atoms in total. The molecule has 0 aromatic carbocycles. The Labute approximate surface area is 181 Å². The number of nitrogens with zero attached hydrogens (tertiary/aromatic N) is 4. The number of pyridine rings is 1. The van der Waals surface area contributed by atoms with Gasteiger partial charge in [0.05, 0.1) is 26.4 Å². The molecule has 168 valence electrons. The summed E-state index contributed by atoms with van der Waals surface area (Å²) in [7, 11) is 1.71. The van der Waals surface area contributed by atoms with Crippen molar-refractivity contribution in [3.05, 3.63) is 23.9 Å². The van der Waals surface area contributed by atoms with Gasteiger partial charge in [-0.15, -0.1) is 0 Å². The van der Waals surface area contributed by atoms with Gasteiger partial charge in [0.1, 0.15) is 5.82 Å². The van der Waals surface area contributed by atoms with Crippen LogP contribution in [0.3, 0.4) is 0 Å². The normalized spacial score (nSPS) is 20.8. The lowest BCUT2D eigenvalue weighted by Gasteiger charge is -2.31. The van der Waals surface area contributed by atoms with Gasteiger partial charge < -0.3 is 24.6 Å². The Morgan fingerprint density at radius 3 is 2.73 bits per heavy atom. The largest absolute Gasteiger partial charge is 0.382 e. The molecule has 0 saturated carbocycles. The molecule has 2 saturated heterocycles. The SMILES string of the molecule is CCNC(=NCc1ccc(N2CCC(C)CC2)nc1)N1CCC(COCCOC)C1. The van der Waals surface area contributed by atoms with Crippen LogP contribution in [0.1, 0.15) is 38.7 Å². The first-order chi connectivity index (χ1) is 14.7. The molecule has 1 N–H and O–H groups in total. The van der Waals surface area contributed by atoms with Gasteiger partial charge in [0, 0.05) is 51.9 Å². The molecule has 0 spiro atoms. The fourth-order valence-electron chi connectivity index (χ4n) is 4.08. The fraction of sp³-hybridized carbons (Fsp3) is 0.739. The van der Waals surface area contributed by atoms with Crippen LogP contribution in [0.4, 0.5) is 5.82 Å².